The molecule has 0 aromatic heterocycles. The average molecular weight is 366 g/mol. The van der Waals surface area contributed by atoms with Crippen LogP contribution in [0.1, 0.15) is 34.8 Å². The third-order valence-corrected chi connectivity index (χ3v) is 4.49. The summed E-state index contributed by atoms with van der Waals surface area (Å²) in [6, 6.07) is 11.6. The summed E-state index contributed by atoms with van der Waals surface area (Å²) in [6.45, 7) is 5.98. The Kier molecular flexibility index (Phi) is 5.26. The standard InChI is InChI=1S/C21H22N2O4/c1-4-27-21(26)15-6-8-16(9-7-15)23-19(24)12-18(20(23)25)22-17-10-5-13(2)11-14(17)3/h5-11,18,22H,4,12H2,1-3H3/t18-/m0/s1. The van der Waals surface area contributed by atoms with Gasteiger partial charge in [-0.05, 0) is 56.7 Å². The summed E-state index contributed by atoms with van der Waals surface area (Å²) in [7, 11) is 0. The third-order valence-electron chi connectivity index (χ3n) is 4.49. The van der Waals surface area contributed by atoms with Gasteiger partial charge in [0.05, 0.1) is 24.3 Å². The van der Waals surface area contributed by atoms with Crippen LogP contribution in [0.4, 0.5) is 11.4 Å². The van der Waals surface area contributed by atoms with E-state index in [1.165, 1.54) is 0 Å². The minimum atomic E-state index is -0.608. The monoisotopic (exact) mass is 366 g/mol. The lowest BCUT2D eigenvalue weighted by molar-refractivity contribution is -0.121. The number of nitrogens with one attached hydrogen (secondary N) is 1. The van der Waals surface area contributed by atoms with E-state index in [1.807, 2.05) is 32.0 Å². The Hall–Kier alpha value is -3.15. The van der Waals surface area contributed by atoms with Gasteiger partial charge in [0.15, 0.2) is 0 Å². The van der Waals surface area contributed by atoms with Gasteiger partial charge in [-0.15, -0.1) is 0 Å². The van der Waals surface area contributed by atoms with Crippen LogP contribution in [0.3, 0.4) is 0 Å². The number of carbonyl (C=O) groups is 3. The van der Waals surface area contributed by atoms with Crippen molar-refractivity contribution in [2.75, 3.05) is 16.8 Å². The first-order valence-corrected chi connectivity index (χ1v) is 8.88. The highest BCUT2D eigenvalue weighted by Gasteiger charge is 2.39. The van der Waals surface area contributed by atoms with Gasteiger partial charge in [0.1, 0.15) is 6.04 Å². The number of imide groups is 1. The first-order valence-electron chi connectivity index (χ1n) is 8.88. The minimum absolute atomic E-state index is 0.0891. The van der Waals surface area contributed by atoms with E-state index >= 15 is 0 Å². The zero-order valence-electron chi connectivity index (χ0n) is 15.6. The molecule has 6 nitrogen and oxygen atoms in total. The number of hydrogen-bond acceptors (Lipinski definition) is 5. The molecule has 27 heavy (non-hydrogen) atoms. The molecular weight excluding hydrogens is 344 g/mol. The first-order chi connectivity index (χ1) is 12.9. The zero-order valence-corrected chi connectivity index (χ0v) is 15.6. The first kappa shape index (κ1) is 18.6. The lowest BCUT2D eigenvalue weighted by atomic mass is 10.1. The maximum atomic E-state index is 12.8. The molecule has 0 unspecified atom stereocenters. The van der Waals surface area contributed by atoms with E-state index in [2.05, 4.69) is 5.32 Å². The summed E-state index contributed by atoms with van der Waals surface area (Å²) >= 11 is 0. The quantitative estimate of drug-likeness (QED) is 0.649. The molecule has 2 aromatic carbocycles. The summed E-state index contributed by atoms with van der Waals surface area (Å²) in [5.41, 5.74) is 3.82. The number of ether oxygens (including phenoxy) is 1. The second kappa shape index (κ2) is 7.61. The fraction of sp³-hybridized carbons (Fsp3) is 0.286. The van der Waals surface area contributed by atoms with E-state index in [9.17, 15) is 14.4 Å². The van der Waals surface area contributed by atoms with Crippen molar-refractivity contribution in [1.29, 1.82) is 0 Å². The Bertz CT molecular complexity index is 890. The predicted molar refractivity (Wildman–Crippen MR) is 103 cm³/mol. The van der Waals surface area contributed by atoms with E-state index in [4.69, 9.17) is 4.74 Å². The summed E-state index contributed by atoms with van der Waals surface area (Å²) in [5.74, 6) is -1.01. The van der Waals surface area contributed by atoms with Crippen LogP contribution in [0.2, 0.25) is 0 Å². The summed E-state index contributed by atoms with van der Waals surface area (Å²) in [4.78, 5) is 38.1. The Morgan fingerprint density at radius 2 is 1.85 bits per heavy atom. The lowest BCUT2D eigenvalue weighted by Gasteiger charge is -2.17. The Labute approximate surface area is 158 Å². The maximum Gasteiger partial charge on any atom is 0.338 e. The molecule has 1 atom stereocenters. The van der Waals surface area contributed by atoms with Crippen molar-refractivity contribution >= 4 is 29.2 Å². The molecule has 6 heteroatoms. The van der Waals surface area contributed by atoms with Gasteiger partial charge in [-0.1, -0.05) is 17.7 Å². The van der Waals surface area contributed by atoms with Crippen molar-refractivity contribution in [2.24, 2.45) is 0 Å². The van der Waals surface area contributed by atoms with E-state index in [1.54, 1.807) is 31.2 Å². The number of hydrogen-bond donors (Lipinski definition) is 1. The minimum Gasteiger partial charge on any atom is -0.462 e. The average Bonchev–Trinajstić information content (AvgIpc) is 2.91. The highest BCUT2D eigenvalue weighted by atomic mass is 16.5. The van der Waals surface area contributed by atoms with Gasteiger partial charge in [0.2, 0.25) is 5.91 Å². The molecule has 0 radical (unpaired) electrons. The zero-order chi connectivity index (χ0) is 19.6. The van der Waals surface area contributed by atoms with Crippen LogP contribution >= 0.6 is 0 Å². The molecule has 2 aromatic rings. The van der Waals surface area contributed by atoms with Crippen LogP contribution in [-0.4, -0.2) is 30.4 Å². The fourth-order valence-corrected chi connectivity index (χ4v) is 3.14. The van der Waals surface area contributed by atoms with Crippen molar-refractivity contribution in [1.82, 2.24) is 0 Å². The van der Waals surface area contributed by atoms with Crippen molar-refractivity contribution in [3.8, 4) is 0 Å². The van der Waals surface area contributed by atoms with E-state index in [0.29, 0.717) is 11.3 Å². The SMILES string of the molecule is CCOC(=O)c1ccc(N2C(=O)C[C@H](Nc3ccc(C)cc3C)C2=O)cc1. The molecule has 0 spiro atoms. The van der Waals surface area contributed by atoms with Crippen molar-refractivity contribution in [3.05, 3.63) is 59.2 Å². The van der Waals surface area contributed by atoms with Gasteiger partial charge in [-0.3, -0.25) is 9.59 Å². The molecule has 1 aliphatic rings. The third kappa shape index (κ3) is 3.84. The predicted octanol–water partition coefficient (Wildman–Crippen LogP) is 3.22. The van der Waals surface area contributed by atoms with Crippen LogP contribution in [0.25, 0.3) is 0 Å². The lowest BCUT2D eigenvalue weighted by Crippen LogP contribution is -2.35. The van der Waals surface area contributed by atoms with Crippen LogP contribution in [0.15, 0.2) is 42.5 Å². The number of carbonyl (C=O) groups excluding carboxylic acids is 3. The Balaban J connectivity index is 1.77. The summed E-state index contributed by atoms with van der Waals surface area (Å²) in [6.07, 6.45) is 0.0891. The van der Waals surface area contributed by atoms with Crippen molar-refractivity contribution < 1.29 is 19.1 Å². The molecule has 0 saturated carbocycles. The molecular formula is C21H22N2O4. The Morgan fingerprint density at radius 1 is 1.15 bits per heavy atom. The number of benzene rings is 2. The van der Waals surface area contributed by atoms with E-state index in [-0.39, 0.29) is 24.8 Å². The van der Waals surface area contributed by atoms with Gasteiger partial charge in [-0.2, -0.15) is 0 Å². The number of amides is 2. The maximum absolute atomic E-state index is 12.8. The van der Waals surface area contributed by atoms with Crippen molar-refractivity contribution in [3.63, 3.8) is 0 Å². The topological polar surface area (TPSA) is 75.7 Å². The van der Waals surface area contributed by atoms with Crippen LogP contribution < -0.4 is 10.2 Å². The molecule has 0 bridgehead atoms. The fourth-order valence-electron chi connectivity index (χ4n) is 3.14. The number of nitrogens with zero attached hydrogens (tertiary/aromatic N) is 1. The molecule has 1 aliphatic heterocycles. The summed E-state index contributed by atoms with van der Waals surface area (Å²) < 4.78 is 4.94. The molecule has 140 valence electrons. The smallest absolute Gasteiger partial charge is 0.338 e. The number of aryl methyl sites for hydroxylation is 2. The second-order valence-electron chi connectivity index (χ2n) is 6.55. The molecule has 0 aliphatic carbocycles. The van der Waals surface area contributed by atoms with Gasteiger partial charge in [-0.25, -0.2) is 9.69 Å². The van der Waals surface area contributed by atoms with E-state index in [0.717, 1.165) is 21.7 Å². The van der Waals surface area contributed by atoms with Crippen LogP contribution in [-0.2, 0) is 14.3 Å². The molecule has 1 N–H and O–H groups in total. The highest BCUT2D eigenvalue weighted by Crippen LogP contribution is 2.26. The van der Waals surface area contributed by atoms with Crippen molar-refractivity contribution in [2.45, 2.75) is 33.2 Å². The Morgan fingerprint density at radius 3 is 2.48 bits per heavy atom. The normalized spacial score (nSPS) is 16.6. The van der Waals surface area contributed by atoms with Gasteiger partial charge >= 0.3 is 5.97 Å². The van der Waals surface area contributed by atoms with Gasteiger partial charge in [0.25, 0.3) is 5.91 Å². The molecule has 1 saturated heterocycles. The number of rotatable bonds is 5. The second-order valence-corrected chi connectivity index (χ2v) is 6.55. The molecule has 3 rings (SSSR count). The molecule has 1 heterocycles. The van der Waals surface area contributed by atoms with Crippen LogP contribution in [0, 0.1) is 13.8 Å². The van der Waals surface area contributed by atoms with E-state index < -0.39 is 12.0 Å². The van der Waals surface area contributed by atoms with Gasteiger partial charge < -0.3 is 10.1 Å². The molecule has 2 amide bonds. The molecule has 1 fully saturated rings. The highest BCUT2D eigenvalue weighted by molar-refractivity contribution is 6.23. The summed E-state index contributed by atoms with van der Waals surface area (Å²) in [5, 5.41) is 3.18. The number of esters is 1. The van der Waals surface area contributed by atoms with Gasteiger partial charge in [0, 0.05) is 5.69 Å². The number of anilines is 2. The van der Waals surface area contributed by atoms with Crippen LogP contribution in [0.5, 0.6) is 0 Å². The largest absolute Gasteiger partial charge is 0.462 e.